The Morgan fingerprint density at radius 2 is 1.74 bits per heavy atom. The third-order valence-electron chi connectivity index (χ3n) is 8.27. The number of aromatic hydroxyl groups is 1. The van der Waals surface area contributed by atoms with Crippen molar-refractivity contribution in [1.29, 1.82) is 0 Å². The van der Waals surface area contributed by atoms with Crippen molar-refractivity contribution in [3.63, 3.8) is 0 Å². The Morgan fingerprint density at radius 3 is 2.38 bits per heavy atom. The van der Waals surface area contributed by atoms with Crippen molar-refractivity contribution < 1.29 is 49.3 Å². The Morgan fingerprint density at radius 1 is 1.05 bits per heavy atom. The number of methoxy groups -OCH3 is 1. The third kappa shape index (κ3) is 5.07. The van der Waals surface area contributed by atoms with Crippen molar-refractivity contribution in [3.05, 3.63) is 51.6 Å². The van der Waals surface area contributed by atoms with E-state index in [1.54, 1.807) is 6.07 Å². The molecule has 2 aromatic rings. The average molecular weight is 586 g/mol. The van der Waals surface area contributed by atoms with Gasteiger partial charge in [-0.25, -0.2) is 0 Å². The number of aliphatic hydroxyl groups is 4. The van der Waals surface area contributed by atoms with Crippen LogP contribution in [0.3, 0.4) is 0 Å². The van der Waals surface area contributed by atoms with Crippen LogP contribution in [0.25, 0.3) is 0 Å². The normalized spacial score (nSPS) is 26.1. The summed E-state index contributed by atoms with van der Waals surface area (Å²) in [5.41, 5.74) is 6.61. The maximum Gasteiger partial charge on any atom is 0.229 e. The molecular weight excluding hydrogens is 550 g/mol. The summed E-state index contributed by atoms with van der Waals surface area (Å²) in [6.07, 6.45) is -4.28. The molecule has 5 atom stereocenters. The number of benzene rings is 2. The van der Waals surface area contributed by atoms with Crippen molar-refractivity contribution in [3.8, 4) is 17.2 Å². The number of hydrogen-bond acceptors (Lipinski definition) is 11. The van der Waals surface area contributed by atoms with E-state index in [-0.39, 0.29) is 57.9 Å². The van der Waals surface area contributed by atoms with E-state index in [0.717, 1.165) is 31.2 Å². The van der Waals surface area contributed by atoms with Gasteiger partial charge in [-0.15, -0.1) is 0 Å². The van der Waals surface area contributed by atoms with E-state index < -0.39 is 48.9 Å². The first-order valence-electron chi connectivity index (χ1n) is 13.7. The SMILES string of the molecule is CN=C(N)NCc1c(C2CCCC2)cc2c(c1O)C(=O)c1c(O[C@H]3O[C@H](CO)[C@@H](O)[C@H](O)[C@H]3O)cc(OC)cc1C2=O. The highest BCUT2D eigenvalue weighted by molar-refractivity contribution is 6.30. The quantitative estimate of drug-likeness (QED) is 0.145. The summed E-state index contributed by atoms with van der Waals surface area (Å²) in [4.78, 5) is 31.9. The molecule has 226 valence electrons. The lowest BCUT2D eigenvalue weighted by Gasteiger charge is -2.39. The number of carbonyl (C=O) groups is 2. The molecule has 8 N–H and O–H groups in total. The molecule has 3 aliphatic rings. The molecule has 13 heteroatoms. The van der Waals surface area contributed by atoms with Gasteiger partial charge in [0.25, 0.3) is 0 Å². The fourth-order valence-corrected chi connectivity index (χ4v) is 5.96. The number of aliphatic hydroxyl groups excluding tert-OH is 4. The van der Waals surface area contributed by atoms with E-state index >= 15 is 0 Å². The number of rotatable bonds is 7. The van der Waals surface area contributed by atoms with Gasteiger partial charge < -0.3 is 50.8 Å². The zero-order valence-electron chi connectivity index (χ0n) is 23.2. The number of aliphatic imine (C=N–C) groups is 1. The van der Waals surface area contributed by atoms with Gasteiger partial charge in [0, 0.05) is 36.3 Å². The highest BCUT2D eigenvalue weighted by Gasteiger charge is 2.46. The van der Waals surface area contributed by atoms with Gasteiger partial charge in [0.15, 0.2) is 11.7 Å². The molecule has 1 heterocycles. The van der Waals surface area contributed by atoms with Crippen LogP contribution in [0.1, 0.15) is 74.6 Å². The predicted octanol–water partition coefficient (Wildman–Crippen LogP) is 0.0466. The first-order valence-corrected chi connectivity index (χ1v) is 13.7. The second-order valence-electron chi connectivity index (χ2n) is 10.7. The molecule has 13 nitrogen and oxygen atoms in total. The molecule has 1 saturated heterocycles. The maximum atomic E-state index is 14.1. The van der Waals surface area contributed by atoms with E-state index in [2.05, 4.69) is 10.3 Å². The van der Waals surface area contributed by atoms with Gasteiger partial charge in [0.1, 0.15) is 41.7 Å². The Bertz CT molecular complexity index is 1420. The number of phenols is 1. The molecule has 0 spiro atoms. The third-order valence-corrected chi connectivity index (χ3v) is 8.27. The van der Waals surface area contributed by atoms with E-state index in [1.807, 2.05) is 0 Å². The van der Waals surface area contributed by atoms with Gasteiger partial charge in [-0.1, -0.05) is 12.8 Å². The molecule has 1 aliphatic heterocycles. The monoisotopic (exact) mass is 585 g/mol. The number of nitrogens with two attached hydrogens (primary N) is 1. The molecule has 0 unspecified atom stereocenters. The summed E-state index contributed by atoms with van der Waals surface area (Å²) in [6.45, 7) is -0.619. The molecular formula is C29H35N3O10. The van der Waals surface area contributed by atoms with Gasteiger partial charge in [-0.05, 0) is 36.5 Å². The number of ketones is 2. The topological polar surface area (TPSA) is 213 Å². The second kappa shape index (κ2) is 11.9. The predicted molar refractivity (Wildman–Crippen MR) is 148 cm³/mol. The van der Waals surface area contributed by atoms with Crippen LogP contribution < -0.4 is 20.5 Å². The van der Waals surface area contributed by atoms with Crippen LogP contribution in [0, 0.1) is 0 Å². The first kappa shape index (κ1) is 29.7. The van der Waals surface area contributed by atoms with Gasteiger partial charge in [0.2, 0.25) is 12.1 Å². The molecule has 2 aliphatic carbocycles. The number of phenolic OH excluding ortho intramolecular Hbond substituents is 1. The molecule has 0 radical (unpaired) electrons. The molecule has 2 fully saturated rings. The van der Waals surface area contributed by atoms with Gasteiger partial charge in [-0.2, -0.15) is 0 Å². The van der Waals surface area contributed by atoms with Gasteiger partial charge in [0.05, 0.1) is 24.8 Å². The van der Waals surface area contributed by atoms with E-state index in [0.29, 0.717) is 5.56 Å². The molecule has 0 aromatic heterocycles. The van der Waals surface area contributed by atoms with Crippen molar-refractivity contribution >= 4 is 17.5 Å². The van der Waals surface area contributed by atoms with Crippen molar-refractivity contribution in [1.82, 2.24) is 5.32 Å². The van der Waals surface area contributed by atoms with E-state index in [4.69, 9.17) is 19.9 Å². The highest BCUT2D eigenvalue weighted by Crippen LogP contribution is 2.45. The lowest BCUT2D eigenvalue weighted by atomic mass is 9.78. The highest BCUT2D eigenvalue weighted by atomic mass is 16.7. The van der Waals surface area contributed by atoms with E-state index in [9.17, 15) is 35.1 Å². The minimum absolute atomic E-state index is 0.0415. The lowest BCUT2D eigenvalue weighted by molar-refractivity contribution is -0.277. The fraction of sp³-hybridized carbons (Fsp3) is 0.483. The standard InChI is InChI=1S/C29H35N3O10/c1-31-29(30)32-10-17-14(12-5-3-4-6-12)9-16-21(23(17)35)25(37)20-15(22(16)34)7-13(40-2)8-18(20)41-28-27(39)26(38)24(36)19(11-33)42-28/h7-9,12,19,24,26-28,33,35-36,38-39H,3-6,10-11H2,1-2H3,(H3,30,31,32)/t19-,24-,26+,27-,28+/m1/s1. The van der Waals surface area contributed by atoms with Crippen molar-refractivity contribution in [2.24, 2.45) is 10.7 Å². The van der Waals surface area contributed by atoms with Crippen LogP contribution in [-0.4, -0.2) is 94.5 Å². The summed E-state index contributed by atoms with van der Waals surface area (Å²) in [6, 6.07) is 4.36. The Kier molecular flexibility index (Phi) is 8.39. The first-order chi connectivity index (χ1) is 20.1. The summed E-state index contributed by atoms with van der Waals surface area (Å²) in [5.74, 6) is -1.45. The number of nitrogens with one attached hydrogen (secondary N) is 1. The smallest absolute Gasteiger partial charge is 0.229 e. The maximum absolute atomic E-state index is 14.1. The molecule has 5 rings (SSSR count). The molecule has 1 saturated carbocycles. The summed E-state index contributed by atoms with van der Waals surface area (Å²) in [7, 11) is 2.87. The van der Waals surface area contributed by atoms with E-state index in [1.165, 1.54) is 26.3 Å². The number of fused-ring (bicyclic) bond motifs is 2. The minimum Gasteiger partial charge on any atom is -0.507 e. The summed E-state index contributed by atoms with van der Waals surface area (Å²) >= 11 is 0. The van der Waals surface area contributed by atoms with Crippen LogP contribution in [0.4, 0.5) is 0 Å². The number of hydrogen-bond donors (Lipinski definition) is 7. The number of ether oxygens (including phenoxy) is 3. The molecule has 0 amide bonds. The molecule has 2 aromatic carbocycles. The summed E-state index contributed by atoms with van der Waals surface area (Å²) in [5, 5.41) is 54.9. The van der Waals surface area contributed by atoms with Crippen molar-refractivity contribution in [2.75, 3.05) is 20.8 Å². The van der Waals surface area contributed by atoms with Crippen LogP contribution in [0.2, 0.25) is 0 Å². The Balaban J connectivity index is 1.62. The second-order valence-corrected chi connectivity index (χ2v) is 10.7. The lowest BCUT2D eigenvalue weighted by Crippen LogP contribution is -2.60. The molecule has 42 heavy (non-hydrogen) atoms. The Labute approximate surface area is 241 Å². The molecule has 0 bridgehead atoms. The minimum atomic E-state index is -1.77. The fourth-order valence-electron chi connectivity index (χ4n) is 5.96. The zero-order chi connectivity index (χ0) is 30.3. The van der Waals surface area contributed by atoms with Gasteiger partial charge in [-0.3, -0.25) is 14.6 Å². The largest absolute Gasteiger partial charge is 0.507 e. The van der Waals surface area contributed by atoms with Gasteiger partial charge >= 0.3 is 0 Å². The van der Waals surface area contributed by atoms with Crippen LogP contribution >= 0.6 is 0 Å². The zero-order valence-corrected chi connectivity index (χ0v) is 23.2. The van der Waals surface area contributed by atoms with Crippen LogP contribution in [0.15, 0.2) is 23.2 Å². The number of guanidine groups is 1. The van der Waals surface area contributed by atoms with Crippen LogP contribution in [-0.2, 0) is 11.3 Å². The van der Waals surface area contributed by atoms with Crippen LogP contribution in [0.5, 0.6) is 17.2 Å². The Hall–Kier alpha value is -3.75. The number of carbonyl (C=O) groups excluding carboxylic acids is 2. The average Bonchev–Trinajstić information content (AvgIpc) is 3.53. The number of nitrogens with zero attached hydrogens (tertiary/aromatic N) is 1. The summed E-state index contributed by atoms with van der Waals surface area (Å²) < 4.78 is 16.6. The van der Waals surface area contributed by atoms with Crippen molar-refractivity contribution in [2.45, 2.75) is 68.9 Å².